The van der Waals surface area contributed by atoms with Crippen molar-refractivity contribution in [3.05, 3.63) is 64.4 Å². The number of rotatable bonds is 9. The van der Waals surface area contributed by atoms with Gasteiger partial charge in [-0.1, -0.05) is 42.8 Å². The molecule has 0 aromatic heterocycles. The van der Waals surface area contributed by atoms with Gasteiger partial charge in [-0.05, 0) is 61.7 Å². The zero-order valence-electron chi connectivity index (χ0n) is 18.4. The molecule has 2 aromatic rings. The first-order valence-corrected chi connectivity index (χ1v) is 12.9. The van der Waals surface area contributed by atoms with Gasteiger partial charge in [-0.25, -0.2) is 12.8 Å². The molecule has 1 N–H and O–H groups in total. The maximum atomic E-state index is 13.6. The van der Waals surface area contributed by atoms with Crippen LogP contribution < -0.4 is 9.62 Å². The molecule has 0 aliphatic carbocycles. The number of nitrogens with one attached hydrogen (secondary N) is 1. The number of carbonyl (C=O) groups excluding carboxylic acids is 1. The first-order chi connectivity index (χ1) is 15.2. The maximum absolute atomic E-state index is 13.6. The molecule has 0 bridgehead atoms. The van der Waals surface area contributed by atoms with Gasteiger partial charge >= 0.3 is 0 Å². The first-order valence-electron chi connectivity index (χ1n) is 10.7. The summed E-state index contributed by atoms with van der Waals surface area (Å²) < 4.78 is 39.7. The Balaban J connectivity index is 1.78. The Morgan fingerprint density at radius 3 is 2.44 bits per heavy atom. The normalized spacial score (nSPS) is 15.5. The van der Waals surface area contributed by atoms with Crippen LogP contribution in [-0.2, 0) is 27.9 Å². The number of sulfonamides is 1. The third-order valence-electron chi connectivity index (χ3n) is 5.65. The van der Waals surface area contributed by atoms with Gasteiger partial charge in [0.05, 0.1) is 17.0 Å². The van der Waals surface area contributed by atoms with Crippen LogP contribution in [0.25, 0.3) is 0 Å². The van der Waals surface area contributed by atoms with E-state index < -0.39 is 27.8 Å². The third-order valence-corrected chi connectivity index (χ3v) is 7.12. The fourth-order valence-electron chi connectivity index (χ4n) is 4.05. The predicted octanol–water partition coefficient (Wildman–Crippen LogP) is 3.94. The summed E-state index contributed by atoms with van der Waals surface area (Å²) in [7, 11) is -3.83. The summed E-state index contributed by atoms with van der Waals surface area (Å²) in [5, 5.41) is 2.69. The van der Waals surface area contributed by atoms with E-state index in [2.05, 4.69) is 16.3 Å². The summed E-state index contributed by atoms with van der Waals surface area (Å²) in [5.74, 6) is -1.08. The fourth-order valence-corrected chi connectivity index (χ4v) is 5.43. The number of halogens is 2. The Morgan fingerprint density at radius 2 is 1.84 bits per heavy atom. The Morgan fingerprint density at radius 1 is 1.19 bits per heavy atom. The van der Waals surface area contributed by atoms with Crippen LogP contribution in [0.4, 0.5) is 10.1 Å². The summed E-state index contributed by atoms with van der Waals surface area (Å²) >= 11 is 5.86. The van der Waals surface area contributed by atoms with E-state index in [1.165, 1.54) is 25.0 Å². The van der Waals surface area contributed by atoms with Gasteiger partial charge in [0.1, 0.15) is 11.9 Å². The van der Waals surface area contributed by atoms with Gasteiger partial charge in [0.2, 0.25) is 15.9 Å². The van der Waals surface area contributed by atoms with E-state index in [1.807, 2.05) is 18.2 Å². The van der Waals surface area contributed by atoms with Crippen molar-refractivity contribution in [1.29, 1.82) is 0 Å². The molecule has 1 aliphatic rings. The lowest BCUT2D eigenvalue weighted by Crippen LogP contribution is -2.49. The van der Waals surface area contributed by atoms with Crippen LogP contribution >= 0.6 is 11.6 Å². The Hall–Kier alpha value is -2.16. The largest absolute Gasteiger partial charge is 0.350 e. The van der Waals surface area contributed by atoms with E-state index >= 15 is 0 Å². The van der Waals surface area contributed by atoms with Gasteiger partial charge in [-0.15, -0.1) is 0 Å². The molecule has 32 heavy (non-hydrogen) atoms. The fraction of sp³-hybridized carbons (Fsp3) is 0.435. The molecule has 9 heteroatoms. The number of amides is 1. The Labute approximate surface area is 194 Å². The van der Waals surface area contributed by atoms with E-state index in [-0.39, 0.29) is 17.1 Å². The zero-order valence-corrected chi connectivity index (χ0v) is 19.9. The van der Waals surface area contributed by atoms with Gasteiger partial charge < -0.3 is 5.32 Å². The molecule has 1 heterocycles. The first kappa shape index (κ1) is 24.5. The standard InChI is InChI=1S/C23H29ClFN3O3S/c1-3-22(28(32(2,30)31)19-10-11-21(25)20(24)14-19)23(29)26-15-17-8-4-5-9-18(17)16-27-12-6-7-13-27/h4-5,8-11,14,22H,3,6-7,12-13,15-16H2,1-2H3,(H,26,29)/t22-/m0/s1. The molecule has 0 saturated carbocycles. The lowest BCUT2D eigenvalue weighted by Gasteiger charge is -2.30. The van der Waals surface area contributed by atoms with E-state index in [0.717, 1.165) is 47.4 Å². The second-order valence-electron chi connectivity index (χ2n) is 8.05. The van der Waals surface area contributed by atoms with Crippen LogP contribution in [0.5, 0.6) is 0 Å². The van der Waals surface area contributed by atoms with Gasteiger partial charge in [0, 0.05) is 13.1 Å². The zero-order chi connectivity index (χ0) is 23.3. The number of anilines is 1. The van der Waals surface area contributed by atoms with Crippen molar-refractivity contribution in [1.82, 2.24) is 10.2 Å². The molecule has 1 saturated heterocycles. The maximum Gasteiger partial charge on any atom is 0.244 e. The molecule has 1 atom stereocenters. The van der Waals surface area contributed by atoms with Gasteiger partial charge in [-0.2, -0.15) is 0 Å². The molecule has 1 aliphatic heterocycles. The summed E-state index contributed by atoms with van der Waals surface area (Å²) in [4.78, 5) is 15.5. The minimum Gasteiger partial charge on any atom is -0.350 e. The summed E-state index contributed by atoms with van der Waals surface area (Å²) in [6.07, 6.45) is 3.66. The quantitative estimate of drug-likeness (QED) is 0.589. The van der Waals surface area contributed by atoms with Crippen molar-refractivity contribution in [2.24, 2.45) is 0 Å². The molecule has 1 fully saturated rings. The highest BCUT2D eigenvalue weighted by Crippen LogP contribution is 2.27. The van der Waals surface area contributed by atoms with E-state index in [1.54, 1.807) is 6.92 Å². The van der Waals surface area contributed by atoms with Crippen molar-refractivity contribution >= 4 is 33.2 Å². The molecular weight excluding hydrogens is 453 g/mol. The number of hydrogen-bond donors (Lipinski definition) is 1. The highest BCUT2D eigenvalue weighted by Gasteiger charge is 2.32. The number of benzene rings is 2. The summed E-state index contributed by atoms with van der Waals surface area (Å²) in [6, 6.07) is 10.6. The molecule has 1 amide bonds. The minimum absolute atomic E-state index is 0.148. The van der Waals surface area contributed by atoms with Crippen molar-refractivity contribution in [2.45, 2.75) is 45.3 Å². The molecule has 174 valence electrons. The second kappa shape index (κ2) is 10.6. The lowest BCUT2D eigenvalue weighted by atomic mass is 10.1. The Bertz CT molecular complexity index is 1060. The van der Waals surface area contributed by atoms with Gasteiger partial charge in [0.25, 0.3) is 0 Å². The van der Waals surface area contributed by atoms with E-state index in [4.69, 9.17) is 11.6 Å². The molecule has 0 spiro atoms. The van der Waals surface area contributed by atoms with Crippen LogP contribution in [0.15, 0.2) is 42.5 Å². The highest BCUT2D eigenvalue weighted by atomic mass is 35.5. The Kier molecular flexibility index (Phi) is 8.14. The van der Waals surface area contributed by atoms with Crippen LogP contribution in [0.2, 0.25) is 5.02 Å². The highest BCUT2D eigenvalue weighted by molar-refractivity contribution is 7.92. The number of carbonyl (C=O) groups is 1. The molecule has 2 aromatic carbocycles. The predicted molar refractivity (Wildman–Crippen MR) is 126 cm³/mol. The topological polar surface area (TPSA) is 69.7 Å². The molecule has 0 unspecified atom stereocenters. The minimum atomic E-state index is -3.83. The second-order valence-corrected chi connectivity index (χ2v) is 10.3. The van der Waals surface area contributed by atoms with Gasteiger partial charge in [-0.3, -0.25) is 14.0 Å². The summed E-state index contributed by atoms with van der Waals surface area (Å²) in [6.45, 7) is 4.99. The van der Waals surface area contributed by atoms with Crippen molar-refractivity contribution in [3.8, 4) is 0 Å². The third kappa shape index (κ3) is 5.99. The average molecular weight is 482 g/mol. The molecule has 6 nitrogen and oxygen atoms in total. The molecule has 3 rings (SSSR count). The van der Waals surface area contributed by atoms with Gasteiger partial charge in [0.15, 0.2) is 0 Å². The van der Waals surface area contributed by atoms with Crippen LogP contribution in [0.1, 0.15) is 37.3 Å². The molecular formula is C23H29ClFN3O3S. The van der Waals surface area contributed by atoms with Crippen LogP contribution in [0.3, 0.4) is 0 Å². The number of hydrogen-bond acceptors (Lipinski definition) is 4. The van der Waals surface area contributed by atoms with E-state index in [9.17, 15) is 17.6 Å². The molecule has 0 radical (unpaired) electrons. The monoisotopic (exact) mass is 481 g/mol. The van der Waals surface area contributed by atoms with E-state index in [0.29, 0.717) is 6.54 Å². The lowest BCUT2D eigenvalue weighted by molar-refractivity contribution is -0.122. The average Bonchev–Trinajstić information content (AvgIpc) is 3.25. The van der Waals surface area contributed by atoms with Crippen molar-refractivity contribution < 1.29 is 17.6 Å². The number of likely N-dealkylation sites (tertiary alicyclic amines) is 1. The van der Waals surface area contributed by atoms with Crippen LogP contribution in [-0.4, -0.2) is 44.6 Å². The number of nitrogens with zero attached hydrogens (tertiary/aromatic N) is 2. The smallest absolute Gasteiger partial charge is 0.244 e. The summed E-state index contributed by atoms with van der Waals surface area (Å²) in [5.41, 5.74) is 2.29. The SMILES string of the molecule is CC[C@@H](C(=O)NCc1ccccc1CN1CCCC1)N(c1ccc(F)c(Cl)c1)S(C)(=O)=O. The van der Waals surface area contributed by atoms with Crippen LogP contribution in [0, 0.1) is 5.82 Å². The van der Waals surface area contributed by atoms with Crippen molar-refractivity contribution in [2.75, 3.05) is 23.7 Å². The van der Waals surface area contributed by atoms with Crippen molar-refractivity contribution in [3.63, 3.8) is 0 Å².